The van der Waals surface area contributed by atoms with Crippen molar-refractivity contribution in [2.45, 2.75) is 44.8 Å². The van der Waals surface area contributed by atoms with Crippen molar-refractivity contribution in [2.75, 3.05) is 0 Å². The maximum absolute atomic E-state index is 11.0. The monoisotopic (exact) mass is 421 g/mol. The Morgan fingerprint density at radius 1 is 1.00 bits per heavy atom. The van der Waals surface area contributed by atoms with E-state index in [9.17, 15) is 9.59 Å². The van der Waals surface area contributed by atoms with Crippen LogP contribution in [-0.4, -0.2) is 28.2 Å². The number of aryl methyl sites for hydroxylation is 2. The molecule has 1 heterocycles. The van der Waals surface area contributed by atoms with Gasteiger partial charge in [-0.05, 0) is 25.7 Å². The lowest BCUT2D eigenvalue weighted by Gasteiger charge is -2.09. The van der Waals surface area contributed by atoms with Gasteiger partial charge in [-0.25, -0.2) is 13.9 Å². The van der Waals surface area contributed by atoms with Gasteiger partial charge in [-0.3, -0.25) is 4.79 Å². The van der Waals surface area contributed by atoms with Gasteiger partial charge in [0.2, 0.25) is 6.33 Å². The summed E-state index contributed by atoms with van der Waals surface area (Å²) >= 11 is 0. The summed E-state index contributed by atoms with van der Waals surface area (Å²) in [5.74, 6) is -1.09. The molecule has 0 aliphatic carbocycles. The summed E-state index contributed by atoms with van der Waals surface area (Å²) in [5, 5.41) is 9.03. The van der Waals surface area contributed by atoms with Crippen molar-refractivity contribution in [1.82, 2.24) is 4.57 Å². The number of carboxylic acids is 1. The maximum Gasteiger partial charge on any atom is 0.345 e. The number of carbonyl (C=O) groups excluding carboxylic acids is 1. The molecule has 0 aliphatic heterocycles. The Labute approximate surface area is 182 Å². The second kappa shape index (κ2) is 11.1. The van der Waals surface area contributed by atoms with Gasteiger partial charge in [0.25, 0.3) is 6.47 Å². The van der Waals surface area contributed by atoms with Gasteiger partial charge >= 0.3 is 5.97 Å². The highest BCUT2D eigenvalue weighted by molar-refractivity contribution is 5.76. The molecule has 31 heavy (non-hydrogen) atoms. The zero-order valence-electron chi connectivity index (χ0n) is 17.8. The summed E-state index contributed by atoms with van der Waals surface area (Å²) in [6.07, 6.45) is 5.01. The molecule has 0 saturated heterocycles. The van der Waals surface area contributed by atoms with E-state index in [2.05, 4.69) is 75.8 Å². The Hall–Kier alpha value is -3.41. The Balaban J connectivity index is 1.68. The lowest BCUT2D eigenvalue weighted by molar-refractivity contribution is -0.686. The molecule has 6 nitrogen and oxygen atoms in total. The minimum Gasteiger partial charge on any atom is -0.479 e. The summed E-state index contributed by atoms with van der Waals surface area (Å²) in [5.41, 5.74) is 4.73. The van der Waals surface area contributed by atoms with Gasteiger partial charge in [0.05, 0.1) is 13.6 Å². The fourth-order valence-corrected chi connectivity index (χ4v) is 3.91. The van der Waals surface area contributed by atoms with Crippen molar-refractivity contribution < 1.29 is 24.0 Å². The van der Waals surface area contributed by atoms with Gasteiger partial charge in [0.1, 0.15) is 0 Å². The normalized spacial score (nSPS) is 11.8. The van der Waals surface area contributed by atoms with Crippen molar-refractivity contribution in [3.8, 4) is 22.5 Å². The van der Waals surface area contributed by atoms with Crippen LogP contribution in [0, 0.1) is 0 Å². The van der Waals surface area contributed by atoms with Crippen molar-refractivity contribution in [3.05, 3.63) is 67.0 Å². The molecule has 0 aliphatic rings. The molecular formula is C25H29N2O4+. The Morgan fingerprint density at radius 2 is 1.61 bits per heavy atom. The summed E-state index contributed by atoms with van der Waals surface area (Å²) in [6.45, 7) is 1.08. The highest BCUT2D eigenvalue weighted by Gasteiger charge is 2.24. The second-order valence-electron chi connectivity index (χ2n) is 7.61. The first kappa shape index (κ1) is 22.3. The number of aliphatic carboxylic acids is 1. The van der Waals surface area contributed by atoms with Gasteiger partial charge in [0.15, 0.2) is 17.5 Å². The smallest absolute Gasteiger partial charge is 0.345 e. The molecule has 0 radical (unpaired) electrons. The number of aromatic nitrogens is 2. The fraction of sp³-hybridized carbons (Fsp3) is 0.320. The standard InChI is InChI=1S/C25H28N2O4/c1-26-18-27(17-11-3-2-10-16-22(25(29)30)31-19-28)24(21-14-8-5-9-15-21)23(26)20-12-6-4-7-13-20/h4-9,12-15,18-19,22H,2-3,10-11,16-17H2,1H3/p+1. The molecule has 2 aromatic carbocycles. The van der Waals surface area contributed by atoms with E-state index in [-0.39, 0.29) is 6.47 Å². The number of carbonyl (C=O) groups is 2. The van der Waals surface area contributed by atoms with E-state index in [0.29, 0.717) is 12.8 Å². The Morgan fingerprint density at radius 3 is 2.23 bits per heavy atom. The lowest BCUT2D eigenvalue weighted by Crippen LogP contribution is -2.34. The summed E-state index contributed by atoms with van der Waals surface area (Å²) in [6, 6.07) is 20.8. The van der Waals surface area contributed by atoms with E-state index >= 15 is 0 Å². The summed E-state index contributed by atoms with van der Waals surface area (Å²) < 4.78 is 9.09. The number of unbranched alkanes of at least 4 members (excludes halogenated alkanes) is 3. The molecule has 1 unspecified atom stereocenters. The second-order valence-corrected chi connectivity index (χ2v) is 7.61. The zero-order valence-corrected chi connectivity index (χ0v) is 17.8. The predicted octanol–water partition coefficient (Wildman–Crippen LogP) is 4.22. The highest BCUT2D eigenvalue weighted by atomic mass is 16.5. The lowest BCUT2D eigenvalue weighted by atomic mass is 10.0. The van der Waals surface area contributed by atoms with Crippen LogP contribution in [0.3, 0.4) is 0 Å². The van der Waals surface area contributed by atoms with Gasteiger partial charge < -0.3 is 9.84 Å². The van der Waals surface area contributed by atoms with E-state index in [0.717, 1.165) is 25.8 Å². The number of nitrogens with zero attached hydrogens (tertiary/aromatic N) is 2. The largest absolute Gasteiger partial charge is 0.479 e. The third-order valence-electron chi connectivity index (χ3n) is 5.38. The molecule has 1 atom stereocenters. The highest BCUT2D eigenvalue weighted by Crippen LogP contribution is 2.29. The van der Waals surface area contributed by atoms with Gasteiger partial charge in [-0.2, -0.15) is 0 Å². The van der Waals surface area contributed by atoms with Crippen molar-refractivity contribution >= 4 is 12.4 Å². The van der Waals surface area contributed by atoms with Crippen LogP contribution < -0.4 is 4.57 Å². The average Bonchev–Trinajstić information content (AvgIpc) is 3.12. The van der Waals surface area contributed by atoms with Gasteiger partial charge in [0, 0.05) is 11.1 Å². The number of carboxylic acid groups (broad SMARTS) is 1. The van der Waals surface area contributed by atoms with E-state index in [1.807, 2.05) is 12.1 Å². The number of rotatable bonds is 12. The number of benzene rings is 2. The first-order valence-corrected chi connectivity index (χ1v) is 10.6. The summed E-state index contributed by atoms with van der Waals surface area (Å²) in [7, 11) is 2.07. The number of hydrogen-bond acceptors (Lipinski definition) is 3. The van der Waals surface area contributed by atoms with Crippen LogP contribution in [0.1, 0.15) is 32.1 Å². The predicted molar refractivity (Wildman–Crippen MR) is 118 cm³/mol. The van der Waals surface area contributed by atoms with Crippen LogP contribution in [0.15, 0.2) is 67.0 Å². The molecule has 0 fully saturated rings. The number of ether oxygens (including phenoxy) is 1. The third-order valence-corrected chi connectivity index (χ3v) is 5.38. The summed E-state index contributed by atoms with van der Waals surface area (Å²) in [4.78, 5) is 21.4. The Bertz CT molecular complexity index is 984. The molecular weight excluding hydrogens is 392 g/mol. The molecule has 0 bridgehead atoms. The third kappa shape index (κ3) is 5.81. The van der Waals surface area contributed by atoms with Crippen molar-refractivity contribution in [3.63, 3.8) is 0 Å². The first-order valence-electron chi connectivity index (χ1n) is 10.6. The van der Waals surface area contributed by atoms with Gasteiger partial charge in [-0.1, -0.05) is 67.1 Å². The SMILES string of the molecule is Cn1c[n+](CCCCCCC(OC=O)C(=O)O)c(-c2ccccc2)c1-c1ccccc1. The van der Waals surface area contributed by atoms with E-state index < -0.39 is 12.1 Å². The average molecular weight is 422 g/mol. The van der Waals surface area contributed by atoms with Crippen molar-refractivity contribution in [1.29, 1.82) is 0 Å². The van der Waals surface area contributed by atoms with Crippen LogP contribution in [-0.2, 0) is 27.9 Å². The minimum absolute atomic E-state index is 0.209. The van der Waals surface area contributed by atoms with Crippen LogP contribution in [0.2, 0.25) is 0 Å². The van der Waals surface area contributed by atoms with Crippen molar-refractivity contribution in [2.24, 2.45) is 7.05 Å². The van der Waals surface area contributed by atoms with E-state index in [4.69, 9.17) is 5.11 Å². The minimum atomic E-state index is -1.09. The molecule has 6 heteroatoms. The molecule has 0 spiro atoms. The number of imidazole rings is 1. The van der Waals surface area contributed by atoms with Crippen LogP contribution in [0.25, 0.3) is 22.5 Å². The van der Waals surface area contributed by atoms with Crippen LogP contribution in [0.5, 0.6) is 0 Å². The van der Waals surface area contributed by atoms with Crippen LogP contribution >= 0.6 is 0 Å². The maximum atomic E-state index is 11.0. The Kier molecular flexibility index (Phi) is 7.98. The molecule has 1 aromatic heterocycles. The molecule has 0 amide bonds. The molecule has 3 aromatic rings. The van der Waals surface area contributed by atoms with Crippen LogP contribution in [0.4, 0.5) is 0 Å². The quantitative estimate of drug-likeness (QED) is 0.270. The molecule has 0 saturated carbocycles. The fourth-order valence-electron chi connectivity index (χ4n) is 3.91. The molecule has 1 N–H and O–H groups in total. The first-order chi connectivity index (χ1) is 15.1. The zero-order chi connectivity index (χ0) is 22.1. The van der Waals surface area contributed by atoms with E-state index in [1.54, 1.807) is 0 Å². The molecule has 3 rings (SSSR count). The van der Waals surface area contributed by atoms with Gasteiger partial charge in [-0.15, -0.1) is 0 Å². The topological polar surface area (TPSA) is 72.4 Å². The van der Waals surface area contributed by atoms with E-state index in [1.165, 1.54) is 22.5 Å². The number of hydrogen-bond donors (Lipinski definition) is 1. The molecule has 162 valence electrons.